The average molecular weight is 311 g/mol. The number of ether oxygens (including phenoxy) is 1. The van der Waals surface area contributed by atoms with E-state index in [0.29, 0.717) is 22.9 Å². The van der Waals surface area contributed by atoms with Crippen LogP contribution in [-0.2, 0) is 6.61 Å². The van der Waals surface area contributed by atoms with E-state index in [0.717, 1.165) is 25.2 Å². The lowest BCUT2D eigenvalue weighted by molar-refractivity contribution is 0.286. The van der Waals surface area contributed by atoms with Gasteiger partial charge in [0.25, 0.3) is 0 Å². The van der Waals surface area contributed by atoms with Gasteiger partial charge in [-0.25, -0.2) is 9.37 Å². The van der Waals surface area contributed by atoms with E-state index >= 15 is 0 Å². The van der Waals surface area contributed by atoms with E-state index in [1.54, 1.807) is 18.2 Å². The molecule has 1 aliphatic heterocycles. The number of aromatic nitrogens is 1. The quantitative estimate of drug-likeness (QED) is 0.870. The van der Waals surface area contributed by atoms with E-state index in [2.05, 4.69) is 16.9 Å². The van der Waals surface area contributed by atoms with E-state index in [9.17, 15) is 4.39 Å². The maximum Gasteiger partial charge on any atom is 0.213 e. The van der Waals surface area contributed by atoms with Crippen LogP contribution in [0.4, 0.5) is 4.39 Å². The van der Waals surface area contributed by atoms with Crippen LogP contribution >= 0.6 is 0 Å². The topological polar surface area (TPSA) is 49.1 Å². The first-order chi connectivity index (χ1) is 11.2. The Hall–Kier alpha value is -2.45. The van der Waals surface area contributed by atoms with Crippen molar-refractivity contribution in [2.45, 2.75) is 18.9 Å². The van der Waals surface area contributed by atoms with Crippen LogP contribution in [0.3, 0.4) is 0 Å². The number of pyridine rings is 1. The molecule has 1 unspecified atom stereocenters. The molecular weight excluding hydrogens is 293 g/mol. The van der Waals surface area contributed by atoms with Crippen LogP contribution in [0.25, 0.3) is 0 Å². The van der Waals surface area contributed by atoms with Crippen LogP contribution < -0.4 is 4.74 Å². The lowest BCUT2D eigenvalue weighted by Gasteiger charge is -2.12. The van der Waals surface area contributed by atoms with Crippen LogP contribution in [0.1, 0.15) is 29.2 Å². The van der Waals surface area contributed by atoms with Gasteiger partial charge < -0.3 is 9.64 Å². The molecule has 2 aromatic rings. The molecule has 1 aromatic heterocycles. The Morgan fingerprint density at radius 2 is 2.26 bits per heavy atom. The summed E-state index contributed by atoms with van der Waals surface area (Å²) < 4.78 is 19.5. The van der Waals surface area contributed by atoms with Crippen molar-refractivity contribution >= 4 is 0 Å². The third-order valence-electron chi connectivity index (χ3n) is 4.11. The lowest BCUT2D eigenvalue weighted by atomic mass is 10.0. The molecule has 1 aliphatic rings. The lowest BCUT2D eigenvalue weighted by Crippen LogP contribution is -2.13. The third-order valence-corrected chi connectivity index (χ3v) is 4.11. The number of nitrogens with zero attached hydrogens (tertiary/aromatic N) is 3. The minimum Gasteiger partial charge on any atom is -0.473 e. The van der Waals surface area contributed by atoms with Crippen LogP contribution in [0.5, 0.6) is 5.88 Å². The molecule has 2 heterocycles. The Bertz CT molecular complexity index is 741. The fraction of sp³-hybridized carbons (Fsp3) is 0.333. The predicted octanol–water partition coefficient (Wildman–Crippen LogP) is 3.09. The second-order valence-electron chi connectivity index (χ2n) is 5.86. The molecule has 0 bridgehead atoms. The van der Waals surface area contributed by atoms with Gasteiger partial charge in [0.1, 0.15) is 12.4 Å². The smallest absolute Gasteiger partial charge is 0.213 e. The summed E-state index contributed by atoms with van der Waals surface area (Å²) in [6.07, 6.45) is 1.09. The van der Waals surface area contributed by atoms with Gasteiger partial charge in [0, 0.05) is 29.8 Å². The minimum atomic E-state index is -0.433. The molecule has 5 heteroatoms. The van der Waals surface area contributed by atoms with Gasteiger partial charge in [-0.15, -0.1) is 0 Å². The first-order valence-electron chi connectivity index (χ1n) is 7.62. The molecule has 0 radical (unpaired) electrons. The molecule has 0 saturated carbocycles. The van der Waals surface area contributed by atoms with Crippen LogP contribution in [0.15, 0.2) is 36.4 Å². The van der Waals surface area contributed by atoms with E-state index in [-0.39, 0.29) is 6.61 Å². The maximum atomic E-state index is 13.9. The van der Waals surface area contributed by atoms with Gasteiger partial charge in [0.15, 0.2) is 0 Å². The van der Waals surface area contributed by atoms with E-state index < -0.39 is 5.82 Å². The molecule has 118 valence electrons. The third kappa shape index (κ3) is 3.66. The molecule has 0 amide bonds. The van der Waals surface area contributed by atoms with Gasteiger partial charge in [0.2, 0.25) is 5.88 Å². The van der Waals surface area contributed by atoms with Gasteiger partial charge in [-0.05, 0) is 38.2 Å². The number of benzene rings is 1. The summed E-state index contributed by atoms with van der Waals surface area (Å²) in [4.78, 5) is 6.83. The van der Waals surface area contributed by atoms with Crippen molar-refractivity contribution in [2.75, 3.05) is 20.1 Å². The number of rotatable bonds is 4. The Kier molecular flexibility index (Phi) is 4.54. The molecule has 0 spiro atoms. The van der Waals surface area contributed by atoms with E-state index in [1.807, 2.05) is 18.2 Å². The Labute approximate surface area is 135 Å². The van der Waals surface area contributed by atoms with Crippen molar-refractivity contribution in [3.8, 4) is 11.9 Å². The van der Waals surface area contributed by atoms with Gasteiger partial charge >= 0.3 is 0 Å². The fourth-order valence-corrected chi connectivity index (χ4v) is 2.80. The van der Waals surface area contributed by atoms with Crippen molar-refractivity contribution in [1.29, 1.82) is 5.26 Å². The number of halogens is 1. The monoisotopic (exact) mass is 311 g/mol. The van der Waals surface area contributed by atoms with Gasteiger partial charge in [-0.2, -0.15) is 5.26 Å². The Morgan fingerprint density at radius 1 is 1.39 bits per heavy atom. The van der Waals surface area contributed by atoms with E-state index in [1.165, 1.54) is 6.07 Å². The Balaban J connectivity index is 1.68. The van der Waals surface area contributed by atoms with Crippen LogP contribution in [0.2, 0.25) is 0 Å². The molecular formula is C18H18FN3O. The molecule has 23 heavy (non-hydrogen) atoms. The highest BCUT2D eigenvalue weighted by Crippen LogP contribution is 2.26. The van der Waals surface area contributed by atoms with Gasteiger partial charge in [-0.3, -0.25) is 0 Å². The predicted molar refractivity (Wildman–Crippen MR) is 84.5 cm³/mol. The number of likely N-dealkylation sites (N-methyl/N-ethyl adjacent to an activating group) is 1. The Morgan fingerprint density at radius 3 is 2.96 bits per heavy atom. The van der Waals surface area contributed by atoms with Crippen molar-refractivity contribution in [3.63, 3.8) is 0 Å². The standard InChI is InChI=1S/C18H18FN3O/c1-22-8-7-14(11-22)17-3-2-4-18(21-17)23-12-15-6-5-13(10-20)9-16(15)19/h2-6,9,14H,7-8,11-12H2,1H3. The fourth-order valence-electron chi connectivity index (χ4n) is 2.80. The first kappa shape index (κ1) is 15.4. The minimum absolute atomic E-state index is 0.0958. The first-order valence-corrected chi connectivity index (χ1v) is 7.62. The zero-order chi connectivity index (χ0) is 16.2. The second kappa shape index (κ2) is 6.76. The van der Waals surface area contributed by atoms with Crippen LogP contribution in [-0.4, -0.2) is 30.0 Å². The number of hydrogen-bond acceptors (Lipinski definition) is 4. The number of hydrogen-bond donors (Lipinski definition) is 0. The van der Waals surface area contributed by atoms with Crippen molar-refractivity contribution < 1.29 is 9.13 Å². The van der Waals surface area contributed by atoms with Crippen molar-refractivity contribution in [2.24, 2.45) is 0 Å². The summed E-state index contributed by atoms with van der Waals surface area (Å²) in [6, 6.07) is 12.0. The van der Waals surface area contributed by atoms with Crippen molar-refractivity contribution in [1.82, 2.24) is 9.88 Å². The molecule has 0 aliphatic carbocycles. The summed E-state index contributed by atoms with van der Waals surface area (Å²) >= 11 is 0. The summed E-state index contributed by atoms with van der Waals surface area (Å²) in [5.74, 6) is 0.494. The van der Waals surface area contributed by atoms with Crippen LogP contribution in [0, 0.1) is 17.1 Å². The number of nitriles is 1. The molecule has 1 saturated heterocycles. The highest BCUT2D eigenvalue weighted by Gasteiger charge is 2.22. The normalized spacial score (nSPS) is 17.9. The molecule has 1 fully saturated rings. The van der Waals surface area contributed by atoms with E-state index in [4.69, 9.17) is 10.00 Å². The average Bonchev–Trinajstić information content (AvgIpc) is 3.00. The summed E-state index contributed by atoms with van der Waals surface area (Å²) in [5.41, 5.74) is 1.74. The highest BCUT2D eigenvalue weighted by molar-refractivity contribution is 5.32. The summed E-state index contributed by atoms with van der Waals surface area (Å²) in [7, 11) is 2.11. The SMILES string of the molecule is CN1CCC(c2cccc(OCc3ccc(C#N)cc3F)n2)C1. The molecule has 4 nitrogen and oxygen atoms in total. The largest absolute Gasteiger partial charge is 0.473 e. The second-order valence-corrected chi connectivity index (χ2v) is 5.86. The molecule has 0 N–H and O–H groups in total. The maximum absolute atomic E-state index is 13.9. The molecule has 1 aromatic carbocycles. The van der Waals surface area contributed by atoms with Crippen molar-refractivity contribution in [3.05, 3.63) is 59.0 Å². The van der Waals surface area contributed by atoms with Gasteiger partial charge in [0.05, 0.1) is 11.6 Å². The zero-order valence-electron chi connectivity index (χ0n) is 13.0. The van der Waals surface area contributed by atoms with Gasteiger partial charge in [-0.1, -0.05) is 12.1 Å². The molecule has 1 atom stereocenters. The zero-order valence-corrected chi connectivity index (χ0v) is 13.0. The summed E-state index contributed by atoms with van der Waals surface area (Å²) in [6.45, 7) is 2.17. The molecule has 3 rings (SSSR count). The highest BCUT2D eigenvalue weighted by atomic mass is 19.1. The summed E-state index contributed by atoms with van der Waals surface area (Å²) in [5, 5.41) is 8.75. The number of likely N-dealkylation sites (tertiary alicyclic amines) is 1.